The van der Waals surface area contributed by atoms with Gasteiger partial charge in [0.05, 0.1) is 26.0 Å². The van der Waals surface area contributed by atoms with Gasteiger partial charge in [-0.2, -0.15) is 0 Å². The molecule has 0 aliphatic carbocycles. The molecule has 4 bridgehead atoms. The van der Waals surface area contributed by atoms with Gasteiger partial charge in [-0.25, -0.2) is 4.79 Å². The number of aliphatic hydroxyl groups is 25. The minimum atomic E-state index is -2.87. The Morgan fingerprint density at radius 3 is 1.17 bits per heavy atom. The van der Waals surface area contributed by atoms with Crippen LogP contribution in [0.25, 0.3) is 0 Å². The average Bonchev–Trinajstić information content (AvgIpc) is 0.845. The Balaban J connectivity index is 1.75. The fourth-order valence-electron chi connectivity index (χ4n) is 9.50. The lowest BCUT2D eigenvalue weighted by Gasteiger charge is -2.43. The van der Waals surface area contributed by atoms with Crippen LogP contribution in [-0.4, -0.2) is 330 Å². The van der Waals surface area contributed by atoms with Crippen molar-refractivity contribution in [3.05, 3.63) is 69.5 Å². The molecule has 5 aliphatic rings. The van der Waals surface area contributed by atoms with E-state index in [2.05, 4.69) is 20.9 Å². The molecule has 564 valence electrons. The summed E-state index contributed by atoms with van der Waals surface area (Å²) in [5.41, 5.74) is -0.507. The number of hydrogen-bond acceptors (Lipinski definition) is 39. The maximum atomic E-state index is 12.7. The van der Waals surface area contributed by atoms with Crippen LogP contribution >= 0.6 is 0 Å². The Morgan fingerprint density at radius 2 is 0.816 bits per heavy atom. The van der Waals surface area contributed by atoms with E-state index in [4.69, 9.17) is 47.4 Å². The number of alkyl carbamates (subject to hydrolysis) is 1. The van der Waals surface area contributed by atoms with Gasteiger partial charge in [0.2, 0.25) is 37.4 Å². The Kier molecular flexibility index (Phi) is 34.4. The first-order valence-corrected chi connectivity index (χ1v) is 30.6. The minimum Gasteiger partial charge on any atom is -0.506 e. The molecule has 20 unspecified atom stereocenters. The molecule has 0 saturated carbocycles. The second kappa shape index (κ2) is 40.2. The summed E-state index contributed by atoms with van der Waals surface area (Å²) in [6, 6.07) is 0. The number of ether oxygens (including phenoxy) is 10. The molecular weight excluding hydrogens is 1330 g/mol. The number of hydrogen-bond donors (Lipinski definition) is 27. The van der Waals surface area contributed by atoms with Gasteiger partial charge in [-0.15, -0.1) is 5.10 Å². The van der Waals surface area contributed by atoms with Crippen LogP contribution < -0.4 is 10.6 Å². The molecule has 20 atom stereocenters. The molecule has 0 aromatic carbocycles. The molecule has 2 amide bonds. The highest BCUT2D eigenvalue weighted by Gasteiger charge is 2.51. The van der Waals surface area contributed by atoms with Crippen LogP contribution in [0.2, 0.25) is 0 Å². The standard InChI is InChI=1S/C56H93N5O37/c1-56(2,3)98-55(88)57-13-6-4-5-7-31(68)58-19-23-20-61(60-59-23)14-8-24-32(69)42(79)51(86)96-47-30(22-67)95-54(45(82)38(47)75)93-28(12-18-65)36(73)41(78)50(85)90-26(10-16-63)34(71)39(76)48(83)89-25(9-15-62)33(70)40(77)49(84)91-27(11-17-64)35(72)43(80)52(87)97-46-29(21-66)94-53(92-24)44(81)37(46)74/h20,24-30,37-38,44-54,62-67,69-87H,4-19,21-22H2,1-3H3,(H,57,88)(H,58,68)/b39-34-,40-33-,41-36-,42-32-,43-35-. The average molecular weight is 1430 g/mol. The van der Waals surface area contributed by atoms with Crippen LogP contribution in [0.5, 0.6) is 0 Å². The number of aromatic nitrogens is 3. The van der Waals surface area contributed by atoms with Gasteiger partial charge in [0.15, 0.2) is 70.2 Å². The Bertz CT molecular complexity index is 2780. The van der Waals surface area contributed by atoms with Gasteiger partial charge in [-0.05, 0) is 33.6 Å². The lowest BCUT2D eigenvalue weighted by Crippen LogP contribution is -2.61. The number of carbonyl (C=O) groups excluding carboxylic acids is 2. The van der Waals surface area contributed by atoms with Crippen molar-refractivity contribution < 1.29 is 185 Å². The third kappa shape index (κ3) is 24.2. The maximum Gasteiger partial charge on any atom is 0.407 e. The zero-order chi connectivity index (χ0) is 73.5. The fourth-order valence-corrected chi connectivity index (χ4v) is 9.50. The van der Waals surface area contributed by atoms with Crippen molar-refractivity contribution in [3.8, 4) is 0 Å². The quantitative estimate of drug-likeness (QED) is 0.0511. The number of nitrogens with zero attached hydrogens (tertiary/aromatic N) is 3. The topological polar surface area (TPSA) is 687 Å². The molecule has 98 heavy (non-hydrogen) atoms. The molecule has 42 heteroatoms. The van der Waals surface area contributed by atoms with E-state index in [-0.39, 0.29) is 24.6 Å². The van der Waals surface area contributed by atoms with Gasteiger partial charge in [0.1, 0.15) is 90.6 Å². The number of aryl methyl sites for hydroxylation is 1. The van der Waals surface area contributed by atoms with Crippen molar-refractivity contribution in [2.24, 2.45) is 0 Å². The van der Waals surface area contributed by atoms with Gasteiger partial charge in [0, 0.05) is 78.0 Å². The lowest BCUT2D eigenvalue weighted by atomic mass is 9.98. The smallest absolute Gasteiger partial charge is 0.407 e. The lowest BCUT2D eigenvalue weighted by molar-refractivity contribution is -0.331. The summed E-state index contributed by atoms with van der Waals surface area (Å²) in [5, 5.41) is 284. The minimum absolute atomic E-state index is 0.0933. The predicted molar refractivity (Wildman–Crippen MR) is 317 cm³/mol. The molecule has 6 rings (SSSR count). The molecule has 0 spiro atoms. The summed E-state index contributed by atoms with van der Waals surface area (Å²) in [4.78, 5) is 24.6. The SMILES string of the molecule is CC(C)(C)OC(=O)NCCCCCC(=O)NCc1cn(CCC2OC3OC(CO)C(OC(O)/C(O)=C(/O)C(CCO)OC(O)/C(O)=C(/O)C(CCO)OC(O)/C(O)=C(/O)C(CCO)OC(O)/C(O)=C(/O)C(CCO)OC4OC(CO)C(OC(O)/C(O)=C\2O)C(O)C4O)C(O)C3O)nn1. The molecule has 2 fully saturated rings. The fraction of sp³-hybridized carbons (Fsp3) is 0.750. The summed E-state index contributed by atoms with van der Waals surface area (Å²) in [6.45, 7) is -1.44. The van der Waals surface area contributed by atoms with Crippen molar-refractivity contribution in [2.75, 3.05) is 46.2 Å². The van der Waals surface area contributed by atoms with E-state index in [1.165, 1.54) is 6.20 Å². The second-order valence-corrected chi connectivity index (χ2v) is 23.2. The van der Waals surface area contributed by atoms with Crippen molar-refractivity contribution >= 4 is 12.0 Å². The van der Waals surface area contributed by atoms with Crippen LogP contribution in [0, 0.1) is 0 Å². The van der Waals surface area contributed by atoms with Crippen LogP contribution in [0.1, 0.15) is 84.3 Å². The monoisotopic (exact) mass is 1430 g/mol. The third-order valence-corrected chi connectivity index (χ3v) is 14.7. The molecule has 42 nitrogen and oxygen atoms in total. The molecule has 1 aromatic rings. The number of aliphatic hydroxyl groups excluding tert-OH is 25. The van der Waals surface area contributed by atoms with E-state index in [9.17, 15) is 137 Å². The van der Waals surface area contributed by atoms with Crippen LogP contribution in [-0.2, 0) is 65.3 Å². The van der Waals surface area contributed by atoms with E-state index in [0.717, 1.165) is 4.68 Å². The number of nitrogens with one attached hydrogen (secondary N) is 2. The van der Waals surface area contributed by atoms with Gasteiger partial charge in [-0.1, -0.05) is 11.6 Å². The largest absolute Gasteiger partial charge is 0.506 e. The summed E-state index contributed by atoms with van der Waals surface area (Å²) in [7, 11) is 0. The van der Waals surface area contributed by atoms with Gasteiger partial charge >= 0.3 is 6.09 Å². The van der Waals surface area contributed by atoms with Crippen molar-refractivity contribution in [1.82, 2.24) is 25.6 Å². The van der Waals surface area contributed by atoms with E-state index in [1.54, 1.807) is 20.8 Å². The Morgan fingerprint density at radius 1 is 0.459 bits per heavy atom. The first kappa shape index (κ1) is 84.0. The van der Waals surface area contributed by atoms with Crippen molar-refractivity contribution in [3.63, 3.8) is 0 Å². The predicted octanol–water partition coefficient (Wildman–Crippen LogP) is -5.28. The van der Waals surface area contributed by atoms with E-state index < -0.39 is 271 Å². The number of rotatable bonds is 21. The highest BCUT2D eigenvalue weighted by atomic mass is 16.7. The molecular formula is C56H93N5O37. The van der Waals surface area contributed by atoms with Crippen molar-refractivity contribution in [1.29, 1.82) is 0 Å². The van der Waals surface area contributed by atoms with Crippen molar-refractivity contribution in [2.45, 2.75) is 221 Å². The van der Waals surface area contributed by atoms with Crippen LogP contribution in [0.4, 0.5) is 4.79 Å². The highest BCUT2D eigenvalue weighted by Crippen LogP contribution is 2.33. The Labute approximate surface area is 557 Å². The van der Waals surface area contributed by atoms with Gasteiger partial charge in [0.25, 0.3) is 0 Å². The summed E-state index contributed by atoms with van der Waals surface area (Å²) < 4.78 is 54.8. The summed E-state index contributed by atoms with van der Waals surface area (Å²) in [6.07, 6.45) is -49.0. The summed E-state index contributed by atoms with van der Waals surface area (Å²) >= 11 is 0. The molecule has 2 saturated heterocycles. The molecule has 5 aliphatic heterocycles. The van der Waals surface area contributed by atoms with E-state index >= 15 is 0 Å². The maximum absolute atomic E-state index is 12.7. The molecule has 0 radical (unpaired) electrons. The van der Waals surface area contributed by atoms with E-state index in [0.29, 0.717) is 25.8 Å². The zero-order valence-electron chi connectivity index (χ0n) is 53.3. The number of amides is 2. The second-order valence-electron chi connectivity index (χ2n) is 23.2. The molecule has 6 heterocycles. The van der Waals surface area contributed by atoms with Gasteiger partial charge in [-0.3, -0.25) is 9.48 Å². The number of fused-ring (bicyclic) bond motifs is 2. The first-order valence-electron chi connectivity index (χ1n) is 30.6. The number of carbonyl (C=O) groups is 2. The third-order valence-electron chi connectivity index (χ3n) is 14.7. The summed E-state index contributed by atoms with van der Waals surface area (Å²) in [5.74, 6) is -16.1. The molecule has 1 aromatic heterocycles. The van der Waals surface area contributed by atoms with Crippen LogP contribution in [0.3, 0.4) is 0 Å². The highest BCUT2D eigenvalue weighted by molar-refractivity contribution is 5.75. The Hall–Kier alpha value is -6.38. The van der Waals surface area contributed by atoms with Gasteiger partial charge < -0.3 is 186 Å². The molecule has 27 N–H and O–H groups in total. The number of unbranched alkanes of at least 4 members (excludes halogenated alkanes) is 2. The van der Waals surface area contributed by atoms with E-state index in [1.807, 2.05) is 0 Å². The van der Waals surface area contributed by atoms with Crippen LogP contribution in [0.15, 0.2) is 63.8 Å². The zero-order valence-corrected chi connectivity index (χ0v) is 53.3. The first-order chi connectivity index (χ1) is 46.2. The normalized spacial score (nSPS) is 36.3.